The number of anilines is 2. The van der Waals surface area contributed by atoms with Crippen LogP contribution in [0.5, 0.6) is 0 Å². The maximum atomic E-state index is 6.05. The molecule has 1 heterocycles. The van der Waals surface area contributed by atoms with Crippen molar-refractivity contribution in [2.24, 2.45) is 0 Å². The van der Waals surface area contributed by atoms with Crippen molar-refractivity contribution in [1.29, 1.82) is 0 Å². The van der Waals surface area contributed by atoms with Crippen molar-refractivity contribution in [3.05, 3.63) is 97.1 Å². The lowest BCUT2D eigenvalue weighted by Crippen LogP contribution is -1.92. The van der Waals surface area contributed by atoms with Crippen LogP contribution in [0.15, 0.2) is 101 Å². The quantitative estimate of drug-likeness (QED) is 0.384. The maximum absolute atomic E-state index is 6.05. The van der Waals surface area contributed by atoms with Crippen LogP contribution in [-0.4, -0.2) is 0 Å². The Morgan fingerprint density at radius 3 is 2.23 bits per heavy atom. The number of para-hydroxylation sites is 3. The van der Waals surface area contributed by atoms with E-state index in [1.165, 1.54) is 0 Å². The second-order valence-corrected chi connectivity index (χ2v) is 6.35. The number of hydrogen-bond donors (Lipinski definition) is 1. The molecule has 1 aromatic heterocycles. The first kappa shape index (κ1) is 14.8. The van der Waals surface area contributed by atoms with Crippen molar-refractivity contribution in [2.45, 2.75) is 0 Å². The molecule has 0 spiro atoms. The summed E-state index contributed by atoms with van der Waals surface area (Å²) in [6, 6.07) is 33.2. The topological polar surface area (TPSA) is 25.2 Å². The minimum absolute atomic E-state index is 0.915. The molecule has 0 aliphatic heterocycles. The molecule has 1 N–H and O–H groups in total. The third kappa shape index (κ3) is 2.52. The first-order valence-corrected chi connectivity index (χ1v) is 8.71. The van der Waals surface area contributed by atoms with Gasteiger partial charge in [-0.3, -0.25) is 0 Å². The van der Waals surface area contributed by atoms with Gasteiger partial charge in [0.05, 0.1) is 0 Å². The van der Waals surface area contributed by atoms with E-state index >= 15 is 0 Å². The summed E-state index contributed by atoms with van der Waals surface area (Å²) >= 11 is 0. The molecule has 4 aromatic carbocycles. The van der Waals surface area contributed by atoms with Crippen molar-refractivity contribution >= 4 is 33.3 Å². The maximum Gasteiger partial charge on any atom is 0.136 e. The normalized spacial score (nSPS) is 11.1. The molecule has 0 unspecified atom stereocenters. The van der Waals surface area contributed by atoms with Gasteiger partial charge in [-0.05, 0) is 42.0 Å². The largest absolute Gasteiger partial charge is 0.456 e. The lowest BCUT2D eigenvalue weighted by atomic mass is 10.0. The van der Waals surface area contributed by atoms with Crippen molar-refractivity contribution in [2.75, 3.05) is 5.32 Å². The van der Waals surface area contributed by atoms with E-state index in [4.69, 9.17) is 4.42 Å². The van der Waals surface area contributed by atoms with E-state index in [9.17, 15) is 0 Å². The lowest BCUT2D eigenvalue weighted by Gasteiger charge is -2.12. The molecular formula is C24H17NO. The molecule has 2 heteroatoms. The Balaban J connectivity index is 1.62. The van der Waals surface area contributed by atoms with Crippen molar-refractivity contribution < 1.29 is 4.42 Å². The van der Waals surface area contributed by atoms with Crippen molar-refractivity contribution in [1.82, 2.24) is 0 Å². The molecule has 0 fully saturated rings. The molecule has 124 valence electrons. The Bertz CT molecular complexity index is 1200. The summed E-state index contributed by atoms with van der Waals surface area (Å²) in [5.74, 6) is 0. The number of nitrogens with one attached hydrogen (secondary N) is 1. The second-order valence-electron chi connectivity index (χ2n) is 6.35. The first-order chi connectivity index (χ1) is 12.9. The van der Waals surface area contributed by atoms with Gasteiger partial charge in [0.2, 0.25) is 0 Å². The Kier molecular flexibility index (Phi) is 3.46. The van der Waals surface area contributed by atoms with Crippen molar-refractivity contribution in [3.8, 4) is 11.1 Å². The predicted octanol–water partition coefficient (Wildman–Crippen LogP) is 7.00. The molecule has 5 aromatic rings. The summed E-state index contributed by atoms with van der Waals surface area (Å²) in [4.78, 5) is 0. The summed E-state index contributed by atoms with van der Waals surface area (Å²) in [7, 11) is 0. The summed E-state index contributed by atoms with van der Waals surface area (Å²) in [6.07, 6.45) is 0. The van der Waals surface area contributed by atoms with E-state index in [0.29, 0.717) is 0 Å². The lowest BCUT2D eigenvalue weighted by molar-refractivity contribution is 0.669. The summed E-state index contributed by atoms with van der Waals surface area (Å²) < 4.78 is 6.05. The van der Waals surface area contributed by atoms with Crippen LogP contribution in [0.3, 0.4) is 0 Å². The van der Waals surface area contributed by atoms with Gasteiger partial charge in [0.1, 0.15) is 11.2 Å². The van der Waals surface area contributed by atoms with Crippen molar-refractivity contribution in [3.63, 3.8) is 0 Å². The highest BCUT2D eigenvalue weighted by atomic mass is 16.3. The Morgan fingerprint density at radius 1 is 0.577 bits per heavy atom. The zero-order chi connectivity index (χ0) is 17.3. The van der Waals surface area contributed by atoms with Gasteiger partial charge in [0, 0.05) is 27.7 Å². The molecule has 2 nitrogen and oxygen atoms in total. The summed E-state index contributed by atoms with van der Waals surface area (Å²) in [6.45, 7) is 0. The molecule has 0 aliphatic rings. The number of furan rings is 1. The van der Waals surface area contributed by atoms with E-state index in [1.54, 1.807) is 0 Å². The molecule has 0 bridgehead atoms. The van der Waals surface area contributed by atoms with Gasteiger partial charge in [0.25, 0.3) is 0 Å². The van der Waals surface area contributed by atoms with Crippen LogP contribution < -0.4 is 5.32 Å². The second kappa shape index (κ2) is 6.08. The van der Waals surface area contributed by atoms with E-state index < -0.39 is 0 Å². The minimum Gasteiger partial charge on any atom is -0.456 e. The molecule has 5 rings (SSSR count). The third-order valence-corrected chi connectivity index (χ3v) is 4.67. The highest BCUT2D eigenvalue weighted by molar-refractivity contribution is 6.06. The van der Waals surface area contributed by atoms with Crippen LogP contribution >= 0.6 is 0 Å². The number of benzene rings is 4. The van der Waals surface area contributed by atoms with Crippen LogP contribution in [0.25, 0.3) is 33.1 Å². The Hall–Kier alpha value is -3.52. The highest BCUT2D eigenvalue weighted by Gasteiger charge is 2.10. The minimum atomic E-state index is 0.915. The predicted molar refractivity (Wildman–Crippen MR) is 109 cm³/mol. The van der Waals surface area contributed by atoms with Crippen LogP contribution in [0.1, 0.15) is 0 Å². The smallest absolute Gasteiger partial charge is 0.136 e. The van der Waals surface area contributed by atoms with E-state index in [1.807, 2.05) is 36.4 Å². The zero-order valence-electron chi connectivity index (χ0n) is 14.1. The molecule has 0 saturated carbocycles. The average molecular weight is 335 g/mol. The van der Waals surface area contributed by atoms with Gasteiger partial charge in [-0.1, -0.05) is 60.7 Å². The zero-order valence-corrected chi connectivity index (χ0v) is 14.1. The van der Waals surface area contributed by atoms with E-state index in [0.717, 1.165) is 44.4 Å². The van der Waals surface area contributed by atoms with Gasteiger partial charge in [-0.2, -0.15) is 0 Å². The number of rotatable bonds is 3. The number of hydrogen-bond acceptors (Lipinski definition) is 2. The van der Waals surface area contributed by atoms with Crippen LogP contribution in [0.4, 0.5) is 11.4 Å². The van der Waals surface area contributed by atoms with Gasteiger partial charge < -0.3 is 9.73 Å². The monoisotopic (exact) mass is 335 g/mol. The van der Waals surface area contributed by atoms with Gasteiger partial charge in [0.15, 0.2) is 0 Å². The van der Waals surface area contributed by atoms with E-state index in [-0.39, 0.29) is 0 Å². The Labute approximate surface area is 151 Å². The fourth-order valence-corrected chi connectivity index (χ4v) is 3.41. The first-order valence-electron chi connectivity index (χ1n) is 8.71. The molecule has 0 radical (unpaired) electrons. The van der Waals surface area contributed by atoms with Gasteiger partial charge in [-0.25, -0.2) is 0 Å². The van der Waals surface area contributed by atoms with E-state index in [2.05, 4.69) is 66.0 Å². The molecular weight excluding hydrogens is 318 g/mol. The molecule has 0 saturated heterocycles. The van der Waals surface area contributed by atoms with Crippen LogP contribution in [-0.2, 0) is 0 Å². The molecule has 26 heavy (non-hydrogen) atoms. The van der Waals surface area contributed by atoms with Gasteiger partial charge >= 0.3 is 0 Å². The molecule has 0 aliphatic carbocycles. The summed E-state index contributed by atoms with van der Waals surface area (Å²) in [5.41, 5.74) is 6.28. The number of fused-ring (bicyclic) bond motifs is 3. The molecule has 0 atom stereocenters. The van der Waals surface area contributed by atoms with Crippen LogP contribution in [0.2, 0.25) is 0 Å². The average Bonchev–Trinajstić information content (AvgIpc) is 3.07. The van der Waals surface area contributed by atoms with Crippen LogP contribution in [0, 0.1) is 0 Å². The van der Waals surface area contributed by atoms with Gasteiger partial charge in [-0.15, -0.1) is 0 Å². The fourth-order valence-electron chi connectivity index (χ4n) is 3.41. The molecule has 0 amide bonds. The fraction of sp³-hybridized carbons (Fsp3) is 0. The SMILES string of the molecule is c1ccc(Nc2ccccc2-c2ccc3c(c2)oc2ccccc23)cc1. The Morgan fingerprint density at radius 2 is 1.31 bits per heavy atom. The summed E-state index contributed by atoms with van der Waals surface area (Å²) in [5, 5.41) is 5.82. The highest BCUT2D eigenvalue weighted by Crippen LogP contribution is 2.35. The standard InChI is InChI=1S/C24H17NO/c1-2-8-18(9-3-1)25-22-12-6-4-10-19(22)17-14-15-21-20-11-5-7-13-23(20)26-24(21)16-17/h1-16,25H. The third-order valence-electron chi connectivity index (χ3n) is 4.67.